The molecule has 0 spiro atoms. The van der Waals surface area contributed by atoms with Gasteiger partial charge < -0.3 is 14.6 Å². The third-order valence-corrected chi connectivity index (χ3v) is 4.57. The Kier molecular flexibility index (Phi) is 4.16. The molecule has 1 N–H and O–H groups in total. The molecule has 1 saturated heterocycles. The number of nitrogens with one attached hydrogen (secondary N) is 1. The third-order valence-electron chi connectivity index (χ3n) is 4.57. The molecule has 8 heteroatoms. The number of likely N-dealkylation sites (tertiary alicyclic amines) is 1. The highest BCUT2D eigenvalue weighted by Crippen LogP contribution is 2.16. The van der Waals surface area contributed by atoms with Crippen molar-refractivity contribution in [3.8, 4) is 0 Å². The lowest BCUT2D eigenvalue weighted by atomic mass is 10.0. The van der Waals surface area contributed by atoms with E-state index in [0.717, 1.165) is 12.8 Å². The van der Waals surface area contributed by atoms with Gasteiger partial charge in [-0.3, -0.25) is 14.0 Å². The van der Waals surface area contributed by atoms with Crippen LogP contribution in [0.4, 0.5) is 0 Å². The molecule has 0 aliphatic carbocycles. The summed E-state index contributed by atoms with van der Waals surface area (Å²) >= 11 is 0. The van der Waals surface area contributed by atoms with Crippen LogP contribution in [-0.2, 0) is 0 Å². The predicted octanol–water partition coefficient (Wildman–Crippen LogP) is 1.67. The summed E-state index contributed by atoms with van der Waals surface area (Å²) in [6.07, 6.45) is 6.54. The van der Waals surface area contributed by atoms with Gasteiger partial charge in [-0.15, -0.1) is 0 Å². The van der Waals surface area contributed by atoms with Gasteiger partial charge in [0.15, 0.2) is 5.76 Å². The van der Waals surface area contributed by atoms with Gasteiger partial charge >= 0.3 is 0 Å². The topological polar surface area (TPSA) is 92.7 Å². The normalized spacial score (nSPS) is 17.4. The summed E-state index contributed by atoms with van der Waals surface area (Å²) < 4.78 is 6.87. The van der Waals surface area contributed by atoms with Crippen molar-refractivity contribution in [1.82, 2.24) is 24.6 Å². The second-order valence-electron chi connectivity index (χ2n) is 6.38. The summed E-state index contributed by atoms with van der Waals surface area (Å²) in [5.74, 6) is 0.457. The third kappa shape index (κ3) is 2.94. The highest BCUT2D eigenvalue weighted by Gasteiger charge is 2.28. The number of carbonyl (C=O) groups is 2. The number of piperidine rings is 1. The molecule has 2 amide bonds. The van der Waals surface area contributed by atoms with Crippen molar-refractivity contribution in [3.05, 3.63) is 54.0 Å². The first-order valence-corrected chi connectivity index (χ1v) is 8.57. The number of amides is 2. The van der Waals surface area contributed by atoms with Crippen molar-refractivity contribution in [3.63, 3.8) is 0 Å². The van der Waals surface area contributed by atoms with Gasteiger partial charge in [0.25, 0.3) is 11.8 Å². The molecule has 1 atom stereocenters. The number of aromatic nitrogens is 3. The molecule has 1 aliphatic heterocycles. The van der Waals surface area contributed by atoms with E-state index >= 15 is 0 Å². The summed E-state index contributed by atoms with van der Waals surface area (Å²) in [5, 5.41) is 3.03. The van der Waals surface area contributed by atoms with Crippen molar-refractivity contribution in [1.29, 1.82) is 0 Å². The van der Waals surface area contributed by atoms with Gasteiger partial charge in [-0.05, 0) is 38.0 Å². The van der Waals surface area contributed by atoms with E-state index in [-0.39, 0.29) is 17.9 Å². The fourth-order valence-electron chi connectivity index (χ4n) is 3.36. The summed E-state index contributed by atoms with van der Waals surface area (Å²) in [4.78, 5) is 35.4. The van der Waals surface area contributed by atoms with Crippen molar-refractivity contribution in [2.75, 3.05) is 13.1 Å². The van der Waals surface area contributed by atoms with E-state index < -0.39 is 0 Å². The number of imidazole rings is 1. The van der Waals surface area contributed by atoms with Gasteiger partial charge in [-0.1, -0.05) is 0 Å². The van der Waals surface area contributed by atoms with E-state index in [9.17, 15) is 9.59 Å². The molecule has 0 saturated carbocycles. The van der Waals surface area contributed by atoms with Crippen molar-refractivity contribution in [2.45, 2.75) is 25.8 Å². The van der Waals surface area contributed by atoms with Crippen LogP contribution < -0.4 is 5.32 Å². The van der Waals surface area contributed by atoms with E-state index in [1.54, 1.807) is 46.8 Å². The van der Waals surface area contributed by atoms with Crippen molar-refractivity contribution in [2.24, 2.45) is 0 Å². The number of aryl methyl sites for hydroxylation is 1. The molecule has 4 heterocycles. The molecule has 1 fully saturated rings. The van der Waals surface area contributed by atoms with Crippen LogP contribution in [0.3, 0.4) is 0 Å². The minimum absolute atomic E-state index is 0.114. The van der Waals surface area contributed by atoms with Crippen LogP contribution in [0.2, 0.25) is 0 Å². The fourth-order valence-corrected chi connectivity index (χ4v) is 3.36. The Labute approximate surface area is 149 Å². The highest BCUT2D eigenvalue weighted by molar-refractivity contribution is 5.95. The van der Waals surface area contributed by atoms with E-state index in [1.807, 2.05) is 0 Å². The maximum atomic E-state index is 12.8. The number of nitrogens with zero attached hydrogens (tertiary/aromatic N) is 4. The molecule has 3 aromatic heterocycles. The summed E-state index contributed by atoms with van der Waals surface area (Å²) in [5.41, 5.74) is 1.10. The molecule has 3 aromatic rings. The Morgan fingerprint density at radius 1 is 1.35 bits per heavy atom. The highest BCUT2D eigenvalue weighted by atomic mass is 16.3. The van der Waals surface area contributed by atoms with Crippen LogP contribution in [0.1, 0.15) is 39.6 Å². The SMILES string of the molecule is Cc1nc2ncccn2c1C(=O)NC1CCCN(C(=O)c2ccco2)C1. The molecule has 1 unspecified atom stereocenters. The number of hydrogen-bond acceptors (Lipinski definition) is 5. The zero-order chi connectivity index (χ0) is 18.1. The fraction of sp³-hybridized carbons (Fsp3) is 0.333. The van der Waals surface area contributed by atoms with Crippen LogP contribution in [0.15, 0.2) is 41.3 Å². The number of carbonyl (C=O) groups excluding carboxylic acids is 2. The average molecular weight is 353 g/mol. The maximum absolute atomic E-state index is 12.8. The van der Waals surface area contributed by atoms with Crippen LogP contribution in [-0.4, -0.2) is 50.2 Å². The standard InChI is InChI=1S/C18H19N5O3/c1-12-15(23-9-4-7-19-18(23)20-12)16(24)21-13-5-2-8-22(11-13)17(25)14-6-3-10-26-14/h3-4,6-7,9-10,13H,2,5,8,11H2,1H3,(H,21,24). The summed E-state index contributed by atoms with van der Waals surface area (Å²) in [7, 11) is 0. The summed E-state index contributed by atoms with van der Waals surface area (Å²) in [6.45, 7) is 2.90. The van der Waals surface area contributed by atoms with Gasteiger partial charge in [0, 0.05) is 31.5 Å². The second-order valence-corrected chi connectivity index (χ2v) is 6.38. The minimum atomic E-state index is -0.208. The van der Waals surface area contributed by atoms with Gasteiger partial charge in [0.05, 0.1) is 12.0 Å². The zero-order valence-electron chi connectivity index (χ0n) is 14.4. The van der Waals surface area contributed by atoms with Gasteiger partial charge in [-0.25, -0.2) is 9.97 Å². The van der Waals surface area contributed by atoms with Gasteiger partial charge in [-0.2, -0.15) is 0 Å². The molecule has 0 bridgehead atoms. The largest absolute Gasteiger partial charge is 0.459 e. The molecule has 0 aromatic carbocycles. The first-order chi connectivity index (χ1) is 12.6. The molecular formula is C18H19N5O3. The smallest absolute Gasteiger partial charge is 0.289 e. The lowest BCUT2D eigenvalue weighted by Crippen LogP contribution is -2.49. The number of fused-ring (bicyclic) bond motifs is 1. The molecule has 8 nitrogen and oxygen atoms in total. The van der Waals surface area contributed by atoms with E-state index in [2.05, 4.69) is 15.3 Å². The summed E-state index contributed by atoms with van der Waals surface area (Å²) in [6, 6.07) is 4.99. The first-order valence-electron chi connectivity index (χ1n) is 8.57. The lowest BCUT2D eigenvalue weighted by molar-refractivity contribution is 0.0646. The van der Waals surface area contributed by atoms with E-state index in [4.69, 9.17) is 4.42 Å². The lowest BCUT2D eigenvalue weighted by Gasteiger charge is -2.32. The molecule has 26 heavy (non-hydrogen) atoms. The monoisotopic (exact) mass is 353 g/mol. The molecule has 134 valence electrons. The van der Waals surface area contributed by atoms with Crippen molar-refractivity contribution >= 4 is 17.6 Å². The van der Waals surface area contributed by atoms with Gasteiger partial charge in [0.2, 0.25) is 5.78 Å². The minimum Gasteiger partial charge on any atom is -0.459 e. The van der Waals surface area contributed by atoms with Crippen LogP contribution >= 0.6 is 0 Å². The first kappa shape index (κ1) is 16.3. The van der Waals surface area contributed by atoms with Gasteiger partial charge in [0.1, 0.15) is 5.69 Å². The Morgan fingerprint density at radius 2 is 2.23 bits per heavy atom. The molecule has 0 radical (unpaired) electrons. The van der Waals surface area contributed by atoms with E-state index in [1.165, 1.54) is 6.26 Å². The predicted molar refractivity (Wildman–Crippen MR) is 92.8 cm³/mol. The molecule has 4 rings (SSSR count). The van der Waals surface area contributed by atoms with Crippen LogP contribution in [0.5, 0.6) is 0 Å². The zero-order valence-corrected chi connectivity index (χ0v) is 14.4. The van der Waals surface area contributed by atoms with Crippen LogP contribution in [0.25, 0.3) is 5.78 Å². The number of furan rings is 1. The molecule has 1 aliphatic rings. The van der Waals surface area contributed by atoms with E-state index in [0.29, 0.717) is 36.0 Å². The van der Waals surface area contributed by atoms with Crippen LogP contribution in [0, 0.1) is 6.92 Å². The number of rotatable bonds is 3. The number of hydrogen-bond donors (Lipinski definition) is 1. The molecular weight excluding hydrogens is 334 g/mol. The Morgan fingerprint density at radius 3 is 3.04 bits per heavy atom. The quantitative estimate of drug-likeness (QED) is 0.773. The Bertz CT molecular complexity index is 947. The Balaban J connectivity index is 1.49. The van der Waals surface area contributed by atoms with Crippen molar-refractivity contribution < 1.29 is 14.0 Å². The maximum Gasteiger partial charge on any atom is 0.289 e. The Hall–Kier alpha value is -3.16. The average Bonchev–Trinajstić information content (AvgIpc) is 3.28. The second kappa shape index (κ2) is 6.62.